The molecule has 8 nitrogen and oxygen atoms in total. The van der Waals surface area contributed by atoms with Crippen molar-refractivity contribution in [1.82, 2.24) is 14.7 Å². The molecule has 0 radical (unpaired) electrons. The minimum absolute atomic E-state index is 0.0232. The fraction of sp³-hybridized carbons (Fsp3) is 0.548. The summed E-state index contributed by atoms with van der Waals surface area (Å²) in [5.41, 5.74) is 2.41. The van der Waals surface area contributed by atoms with Gasteiger partial charge < -0.3 is 19.3 Å². The Kier molecular flexibility index (Phi) is 10.8. The van der Waals surface area contributed by atoms with Gasteiger partial charge in [0.25, 0.3) is 11.8 Å². The molecule has 1 saturated heterocycles. The number of carbonyl (C=O) groups excluding carboxylic acids is 2. The van der Waals surface area contributed by atoms with Crippen LogP contribution in [0.3, 0.4) is 0 Å². The highest BCUT2D eigenvalue weighted by Crippen LogP contribution is 2.25. The Balaban J connectivity index is 1.56. The van der Waals surface area contributed by atoms with Crippen LogP contribution in [0.1, 0.15) is 49.0 Å². The number of likely N-dealkylation sites (tertiary alicyclic amines) is 1. The Hall–Kier alpha value is -2.94. The third-order valence-corrected chi connectivity index (χ3v) is 7.67. The van der Waals surface area contributed by atoms with Crippen LogP contribution in [0.2, 0.25) is 0 Å². The van der Waals surface area contributed by atoms with Gasteiger partial charge in [0.15, 0.2) is 0 Å². The van der Waals surface area contributed by atoms with Crippen molar-refractivity contribution in [3.8, 4) is 5.75 Å². The summed E-state index contributed by atoms with van der Waals surface area (Å²) in [6.45, 7) is 11.4. The van der Waals surface area contributed by atoms with Crippen LogP contribution in [0.4, 0.5) is 5.69 Å². The molecule has 1 fully saturated rings. The highest BCUT2D eigenvalue weighted by Gasteiger charge is 2.25. The van der Waals surface area contributed by atoms with E-state index in [1.807, 2.05) is 58.3 Å². The van der Waals surface area contributed by atoms with Gasteiger partial charge in [-0.3, -0.25) is 19.4 Å². The number of fused-ring (bicyclic) bond motifs is 1. The Labute approximate surface area is 233 Å². The zero-order valence-corrected chi connectivity index (χ0v) is 23.8. The Morgan fingerprint density at radius 3 is 2.46 bits per heavy atom. The maximum atomic E-state index is 13.9. The van der Waals surface area contributed by atoms with Crippen molar-refractivity contribution in [2.24, 2.45) is 0 Å². The number of nitrogens with zero attached hydrogens (tertiary/aromatic N) is 4. The largest absolute Gasteiger partial charge is 0.492 e. The van der Waals surface area contributed by atoms with Crippen molar-refractivity contribution in [1.29, 1.82) is 0 Å². The second-order valence-electron chi connectivity index (χ2n) is 10.7. The van der Waals surface area contributed by atoms with Crippen molar-refractivity contribution in [3.05, 3.63) is 59.7 Å². The first-order chi connectivity index (χ1) is 19.0. The second kappa shape index (κ2) is 14.4. The molecule has 2 heterocycles. The standard InChI is InChI=1S/C31H44N4O4/c1-25(2)33-16-9-17-35(30(36)24-38-3)29-13-5-4-10-27(29)23-34(19-18-33)31(37)26-11-8-12-28(22-26)39-21-20-32-14-6-7-15-32/h4-5,8,10-13,22,25H,6-7,9,14-21,23-24H2,1-3H3. The van der Waals surface area contributed by atoms with Gasteiger partial charge in [-0.2, -0.15) is 0 Å². The zero-order valence-electron chi connectivity index (χ0n) is 23.8. The van der Waals surface area contributed by atoms with E-state index in [2.05, 4.69) is 23.6 Å². The number of hydrogen-bond acceptors (Lipinski definition) is 6. The summed E-state index contributed by atoms with van der Waals surface area (Å²) in [6.07, 6.45) is 3.36. The summed E-state index contributed by atoms with van der Waals surface area (Å²) in [4.78, 5) is 35.5. The minimum atomic E-state index is -0.0723. The number of amides is 2. The van der Waals surface area contributed by atoms with E-state index in [0.717, 1.165) is 56.1 Å². The van der Waals surface area contributed by atoms with Crippen molar-refractivity contribution in [2.45, 2.75) is 45.7 Å². The third kappa shape index (κ3) is 8.03. The normalized spacial score (nSPS) is 17.6. The van der Waals surface area contributed by atoms with Crippen LogP contribution in [0.15, 0.2) is 48.5 Å². The summed E-state index contributed by atoms with van der Waals surface area (Å²) in [7, 11) is 1.54. The monoisotopic (exact) mass is 536 g/mol. The molecule has 8 heteroatoms. The Morgan fingerprint density at radius 2 is 1.69 bits per heavy atom. The quantitative estimate of drug-likeness (QED) is 0.510. The van der Waals surface area contributed by atoms with E-state index < -0.39 is 0 Å². The molecule has 39 heavy (non-hydrogen) atoms. The molecule has 0 aliphatic carbocycles. The molecule has 0 spiro atoms. The molecule has 0 N–H and O–H groups in total. The minimum Gasteiger partial charge on any atom is -0.492 e. The first-order valence-electron chi connectivity index (χ1n) is 14.3. The van der Waals surface area contributed by atoms with E-state index in [0.29, 0.717) is 37.8 Å². The van der Waals surface area contributed by atoms with Crippen LogP contribution in [0.5, 0.6) is 5.75 Å². The molecule has 2 aromatic rings. The average Bonchev–Trinajstić information content (AvgIpc) is 3.44. The summed E-state index contributed by atoms with van der Waals surface area (Å²) in [5.74, 6) is 0.614. The Morgan fingerprint density at radius 1 is 0.897 bits per heavy atom. The molecule has 2 amide bonds. The first kappa shape index (κ1) is 29.1. The molecule has 0 saturated carbocycles. The Bertz CT molecular complexity index is 1090. The predicted molar refractivity (Wildman–Crippen MR) is 154 cm³/mol. The number of para-hydroxylation sites is 1. The lowest BCUT2D eigenvalue weighted by Crippen LogP contribution is -2.41. The maximum Gasteiger partial charge on any atom is 0.254 e. The van der Waals surface area contributed by atoms with Gasteiger partial charge in [0.2, 0.25) is 0 Å². The molecule has 212 valence electrons. The predicted octanol–water partition coefficient (Wildman–Crippen LogP) is 3.90. The second-order valence-corrected chi connectivity index (χ2v) is 10.7. The fourth-order valence-electron chi connectivity index (χ4n) is 5.46. The topological polar surface area (TPSA) is 65.6 Å². The molecule has 2 aromatic carbocycles. The number of methoxy groups -OCH3 is 1. The lowest BCUT2D eigenvalue weighted by Gasteiger charge is -2.30. The van der Waals surface area contributed by atoms with E-state index in [1.165, 1.54) is 12.8 Å². The van der Waals surface area contributed by atoms with E-state index in [9.17, 15) is 9.59 Å². The van der Waals surface area contributed by atoms with Crippen LogP contribution in [-0.4, -0.2) is 98.7 Å². The summed E-state index contributed by atoms with van der Waals surface area (Å²) in [5, 5.41) is 0. The number of carbonyl (C=O) groups is 2. The number of ether oxygens (including phenoxy) is 2. The summed E-state index contributed by atoms with van der Waals surface area (Å²) in [6, 6.07) is 15.8. The first-order valence-corrected chi connectivity index (χ1v) is 14.3. The van der Waals surface area contributed by atoms with E-state index >= 15 is 0 Å². The van der Waals surface area contributed by atoms with Crippen molar-refractivity contribution >= 4 is 17.5 Å². The van der Waals surface area contributed by atoms with Crippen LogP contribution in [0.25, 0.3) is 0 Å². The highest BCUT2D eigenvalue weighted by atomic mass is 16.5. The fourth-order valence-corrected chi connectivity index (χ4v) is 5.46. The van der Waals surface area contributed by atoms with Crippen LogP contribution >= 0.6 is 0 Å². The van der Waals surface area contributed by atoms with Gasteiger partial charge in [-0.1, -0.05) is 24.3 Å². The third-order valence-electron chi connectivity index (χ3n) is 7.67. The van der Waals surface area contributed by atoms with Gasteiger partial charge >= 0.3 is 0 Å². The van der Waals surface area contributed by atoms with Crippen LogP contribution in [-0.2, 0) is 16.1 Å². The zero-order chi connectivity index (χ0) is 27.6. The lowest BCUT2D eigenvalue weighted by molar-refractivity contribution is -0.122. The van der Waals surface area contributed by atoms with Crippen molar-refractivity contribution in [3.63, 3.8) is 0 Å². The van der Waals surface area contributed by atoms with E-state index in [4.69, 9.17) is 9.47 Å². The van der Waals surface area contributed by atoms with Gasteiger partial charge in [0.05, 0.1) is 0 Å². The molecule has 0 atom stereocenters. The SMILES string of the molecule is COCC(=O)N1CCCN(C(C)C)CCN(C(=O)c2cccc(OCCN3CCCC3)c2)Cc2ccccc21. The molecular formula is C31H44N4O4. The average molecular weight is 537 g/mol. The molecule has 0 bridgehead atoms. The van der Waals surface area contributed by atoms with E-state index in [1.54, 1.807) is 7.11 Å². The lowest BCUT2D eigenvalue weighted by atomic mass is 10.1. The number of anilines is 1. The molecule has 2 aliphatic rings. The molecule has 0 aromatic heterocycles. The molecule has 2 aliphatic heterocycles. The van der Waals surface area contributed by atoms with Gasteiger partial charge in [0.1, 0.15) is 19.0 Å². The van der Waals surface area contributed by atoms with Crippen molar-refractivity contribution < 1.29 is 19.1 Å². The van der Waals surface area contributed by atoms with Gasteiger partial charge in [-0.25, -0.2) is 0 Å². The molecule has 0 unspecified atom stereocenters. The van der Waals surface area contributed by atoms with Gasteiger partial charge in [0, 0.05) is 63.7 Å². The van der Waals surface area contributed by atoms with Gasteiger partial charge in [-0.15, -0.1) is 0 Å². The number of rotatable bonds is 8. The number of hydrogen-bond donors (Lipinski definition) is 0. The summed E-state index contributed by atoms with van der Waals surface area (Å²) < 4.78 is 11.2. The van der Waals surface area contributed by atoms with E-state index in [-0.39, 0.29) is 18.4 Å². The number of benzene rings is 2. The summed E-state index contributed by atoms with van der Waals surface area (Å²) >= 11 is 0. The van der Waals surface area contributed by atoms with Gasteiger partial charge in [-0.05, 0) is 76.0 Å². The maximum absolute atomic E-state index is 13.9. The molecular weight excluding hydrogens is 492 g/mol. The molecule has 4 rings (SSSR count). The van der Waals surface area contributed by atoms with Crippen LogP contribution in [0, 0.1) is 0 Å². The smallest absolute Gasteiger partial charge is 0.254 e. The highest BCUT2D eigenvalue weighted by molar-refractivity contribution is 5.96. The van der Waals surface area contributed by atoms with Crippen LogP contribution < -0.4 is 9.64 Å². The van der Waals surface area contributed by atoms with Crippen molar-refractivity contribution in [2.75, 3.05) is 71.0 Å².